The van der Waals surface area contributed by atoms with E-state index >= 15 is 0 Å². The number of epoxide rings is 1. The van der Waals surface area contributed by atoms with E-state index in [-0.39, 0.29) is 134 Å². The van der Waals surface area contributed by atoms with E-state index in [0.29, 0.717) is 109 Å². The first-order valence-electron chi connectivity index (χ1n) is 54.4. The number of rotatable bonds is 31. The van der Waals surface area contributed by atoms with Crippen LogP contribution in [0.4, 0.5) is 0 Å². The average molecular weight is 2360 g/mol. The van der Waals surface area contributed by atoms with Crippen molar-refractivity contribution in [1.29, 1.82) is 0 Å². The van der Waals surface area contributed by atoms with E-state index < -0.39 is 83.8 Å². The lowest BCUT2D eigenvalue weighted by Crippen LogP contribution is -2.55. The van der Waals surface area contributed by atoms with Crippen molar-refractivity contribution in [3.63, 3.8) is 0 Å². The normalized spacial score (nSPS) is 37.4. The first-order valence-corrected chi connectivity index (χ1v) is 59.3. The molecule has 14 heterocycles. The van der Waals surface area contributed by atoms with E-state index in [1.165, 1.54) is 49.2 Å². The second-order valence-corrected chi connectivity index (χ2v) is 48.3. The highest BCUT2D eigenvalue weighted by Gasteiger charge is 2.60. The summed E-state index contributed by atoms with van der Waals surface area (Å²) in [6.45, 7) is 60.7. The lowest BCUT2D eigenvalue weighted by atomic mass is 9.85. The van der Waals surface area contributed by atoms with Crippen molar-refractivity contribution < 1.29 is 140 Å². The third-order valence-corrected chi connectivity index (χ3v) is 35.6. The van der Waals surface area contributed by atoms with Gasteiger partial charge in [0.15, 0.2) is 48.3 Å². The number of thioether (sulfide) groups is 2. The fraction of sp³-hybridized carbons (Fsp3) is 0.805. The number of halogens is 2. The van der Waals surface area contributed by atoms with Crippen molar-refractivity contribution in [3.05, 3.63) is 101 Å². The van der Waals surface area contributed by atoms with Crippen LogP contribution in [0.2, 0.25) is 0 Å². The van der Waals surface area contributed by atoms with Gasteiger partial charge in [-0.3, -0.25) is 14.4 Å². The van der Waals surface area contributed by atoms with Gasteiger partial charge in [0, 0.05) is 106 Å². The van der Waals surface area contributed by atoms with Gasteiger partial charge in [-0.15, -0.1) is 23.5 Å². The van der Waals surface area contributed by atoms with Crippen molar-refractivity contribution in [2.24, 2.45) is 100 Å². The molecule has 31 nitrogen and oxygen atoms in total. The molecule has 0 aliphatic carbocycles. The highest BCUT2D eigenvalue weighted by atomic mass is 127. The second kappa shape index (κ2) is 63.5. The Morgan fingerprint density at radius 1 is 0.466 bits per heavy atom. The monoisotopic (exact) mass is 2360 g/mol. The Bertz CT molecular complexity index is 4150. The number of aliphatic hydroxyl groups excluding tert-OH is 6. The Morgan fingerprint density at radius 3 is 1.34 bits per heavy atom. The van der Waals surface area contributed by atoms with E-state index in [0.717, 1.165) is 68.0 Å². The zero-order chi connectivity index (χ0) is 110. The predicted octanol–water partition coefficient (Wildman–Crippen LogP) is 18.0. The molecule has 2 amide bonds. The maximum absolute atomic E-state index is 12.3. The van der Waals surface area contributed by atoms with Crippen molar-refractivity contribution in [1.82, 2.24) is 0 Å². The quantitative estimate of drug-likeness (QED) is 0.00854. The Kier molecular flexibility index (Phi) is 56.5. The molecule has 10 N–H and O–H groups in total. The maximum atomic E-state index is 12.3. The minimum Gasteiger partial charge on any atom is -0.463 e. The molecular weight excluding hydrogens is 2170 g/mol. The van der Waals surface area contributed by atoms with Crippen LogP contribution in [0.3, 0.4) is 0 Å². The van der Waals surface area contributed by atoms with Crippen molar-refractivity contribution >= 4 is 98.5 Å². The molecule has 0 aromatic heterocycles. The van der Waals surface area contributed by atoms with Gasteiger partial charge in [0.1, 0.15) is 49.3 Å². The number of alkyl halides is 1. The molecule has 40 atom stereocenters. The van der Waals surface area contributed by atoms with Crippen LogP contribution >= 0.6 is 68.7 Å². The molecule has 1 aromatic carbocycles. The molecule has 0 saturated carbocycles. The minimum atomic E-state index is -1.15. The van der Waals surface area contributed by atoms with Crippen LogP contribution in [0.1, 0.15) is 264 Å². The molecular formula is C113H188I2N2O29S2. The summed E-state index contributed by atoms with van der Waals surface area (Å²) in [4.78, 5) is 44.7. The van der Waals surface area contributed by atoms with E-state index in [1.54, 1.807) is 24.3 Å². The Labute approximate surface area is 920 Å². The van der Waals surface area contributed by atoms with Gasteiger partial charge in [-0.2, -0.15) is 0 Å². The highest BCUT2D eigenvalue weighted by Crippen LogP contribution is 2.49. The summed E-state index contributed by atoms with van der Waals surface area (Å²) in [6.07, 6.45) is 24.0. The minimum absolute atomic E-state index is 0.0359. The topological polar surface area (TPSA) is 420 Å². The third-order valence-electron chi connectivity index (χ3n) is 31.0. The van der Waals surface area contributed by atoms with Gasteiger partial charge in [-0.1, -0.05) is 275 Å². The summed E-state index contributed by atoms with van der Waals surface area (Å²) >= 11 is 8.76. The molecule has 20 unspecified atom stereocenters. The first-order chi connectivity index (χ1) is 69.8. The van der Waals surface area contributed by atoms with Crippen molar-refractivity contribution in [3.8, 4) is 0 Å². The molecule has 8 bridgehead atoms. The summed E-state index contributed by atoms with van der Waals surface area (Å²) in [7, 11) is 0. The first kappa shape index (κ1) is 132. The molecule has 148 heavy (non-hydrogen) atoms. The number of carbonyl (C=O) groups is 4. The number of hydrogen-bond acceptors (Lipinski definition) is 31. The van der Waals surface area contributed by atoms with Gasteiger partial charge in [0.2, 0.25) is 11.8 Å². The Morgan fingerprint density at radius 2 is 0.885 bits per heavy atom. The van der Waals surface area contributed by atoms with Crippen molar-refractivity contribution in [2.45, 2.75) is 439 Å². The van der Waals surface area contributed by atoms with Crippen LogP contribution < -0.4 is 11.5 Å². The number of ether oxygens (including phenoxy) is 19. The molecule has 14 saturated heterocycles. The summed E-state index contributed by atoms with van der Waals surface area (Å²) < 4.78 is 111. The Balaban J connectivity index is 0.000000229. The van der Waals surface area contributed by atoms with E-state index in [4.69, 9.17) is 107 Å². The second-order valence-electron chi connectivity index (χ2n) is 43.9. The smallest absolute Gasteiger partial charge is 0.331 e. The predicted molar refractivity (Wildman–Crippen MR) is 592 cm³/mol. The molecule has 850 valence electrons. The molecule has 1 aromatic rings. The van der Waals surface area contributed by atoms with E-state index in [2.05, 4.69) is 152 Å². The number of benzene rings is 1. The van der Waals surface area contributed by atoms with Gasteiger partial charge >= 0.3 is 11.9 Å². The largest absolute Gasteiger partial charge is 0.463 e. The van der Waals surface area contributed by atoms with Crippen LogP contribution in [0.5, 0.6) is 0 Å². The van der Waals surface area contributed by atoms with Crippen LogP contribution in [-0.2, 0) is 109 Å². The van der Waals surface area contributed by atoms with Gasteiger partial charge < -0.3 is 132 Å². The van der Waals surface area contributed by atoms with Crippen LogP contribution in [0.25, 0.3) is 6.08 Å². The number of amides is 2. The molecule has 14 aliphatic rings. The number of hydrogen-bond donors (Lipinski definition) is 8. The molecule has 35 heteroatoms. The number of nitrogens with two attached hydrogens (primary N) is 2. The summed E-state index contributed by atoms with van der Waals surface area (Å²) in [5.41, 5.74) is 11.0. The zero-order valence-corrected chi connectivity index (χ0v) is 99.5. The van der Waals surface area contributed by atoms with Gasteiger partial charge in [0.25, 0.3) is 0 Å². The lowest BCUT2D eigenvalue weighted by molar-refractivity contribution is -0.331. The molecule has 0 radical (unpaired) electrons. The average Bonchev–Trinajstić information content (AvgIpc) is 1.58. The van der Waals surface area contributed by atoms with Crippen LogP contribution in [0.15, 0.2) is 95.2 Å². The summed E-state index contributed by atoms with van der Waals surface area (Å²) in [6, 6.07) is 9.52. The van der Waals surface area contributed by atoms with Gasteiger partial charge in [0.05, 0.1) is 116 Å². The summed E-state index contributed by atoms with van der Waals surface area (Å²) in [5, 5.41) is 57.8. The fourth-order valence-electron chi connectivity index (χ4n) is 20.9. The number of primary amides is 2. The highest BCUT2D eigenvalue weighted by molar-refractivity contribution is 14.1. The standard InChI is InChI=1S/C23H31NO4.C17H29NO3.C16H28O4S2.C14H25IO2.C12H23IO2.2C9H16O3.C7H10O3.C6H10O5/c1-4-17(2)23(18(3)20(25)13-9-6-10-14-21(24)26)28-22(27)16-15-19-11-7-5-8-12-19;1-6-12(2)16-13(3)14(20-17(4,5)21-16)10-8-7-9-11-15(18)19;1-6-12(15-21-7-8-22-15)14-10(2)13(9-18-11(3)17)19-16(4,5)20-14;1-6-10(2)13-11(3)12(8-7-9-15)16-14(4,5)17-13;1-6-8(2)11-9(3)10(7-13)14-12(4,5)15-11;2*1-3-6-8(10)5(2)7-4-11-9(6)12-7;1-3-4-2-8-7(9-4)6-5(3)10-6;7-3-2-1-10-6(11-2)5(9)4(3)8/h5-12,14-18,20,23,25H,4,13H2,1-3H3,(H2,24,26);7-9,11-14,16H,6,10H2,1-5H3,(H2,18,19);10,12-15H,6-9H2,1-5H3;7,9-13H,6,8H2,1-5H3;8-11H,6-7H2,1-5H3;2*5-10H,3-4H2,1-2H3;3-7H,2H2,1H3;2-9H,1H2/b9-6+,14-10-,16-15+;8-7+,11-9-;;9-7+;;;;;/t17-,18-,20-,23+;12-,13-,14-,16+;10-,12-,13-,14-;10-,11-,12-,13+;8-,9-,10-,11+;;;;/m00000..../s1. The molecule has 14 aliphatic heterocycles. The molecule has 15 rings (SSSR count). The van der Waals surface area contributed by atoms with Crippen LogP contribution in [-0.4, -0.2) is 284 Å². The molecule has 0 spiro atoms. The fourth-order valence-corrected chi connectivity index (χ4v) is 25.5. The SMILES string of the molecule is CC1C2COC(O2)C2OC12.CCC1C2OCC(O2)C(C)C1O.CCC1C2OCC(O2)C(C)C1O.CC[C@H](C)[C@@H](OC(=O)/C=C/c1ccccc1)[C@@H](C)[C@@H](O)C/C=C/C=C\C(N)=O.CC[C@H](C)[C@H]1OC(C)(C)O[C@@H](C/C=C/C=C\C(N)=O)[C@@H]1C.CC[C@H](C)[C@H]1OC(C)(C)O[C@@H](C/C=C/I)[C@@H]1C.CC[C@H](C)[C@H]1OC(C)(C)O[C@@H](CI)[C@@H]1C.CC[C@H](C1SCCS1)[C@H]1OC(C)(C)O[C@@H](COC(C)=O)[C@@H]1C.OC1C2COC(O2)C(O)C1O. The third kappa shape index (κ3) is 40.0. The molecule has 14 fully saturated rings. The lowest BCUT2D eigenvalue weighted by Gasteiger charge is -2.48. The van der Waals surface area contributed by atoms with Gasteiger partial charge in [-0.25, -0.2) is 4.79 Å². The maximum Gasteiger partial charge on any atom is 0.331 e. The van der Waals surface area contributed by atoms with E-state index in [1.807, 2.05) is 156 Å². The van der Waals surface area contributed by atoms with Gasteiger partial charge in [-0.05, 0) is 133 Å². The number of aliphatic hydroxyl groups is 6. The number of carbonyl (C=O) groups excluding carboxylic acids is 4. The van der Waals surface area contributed by atoms with Crippen molar-refractivity contribution in [2.75, 3.05) is 49.0 Å². The van der Waals surface area contributed by atoms with E-state index in [9.17, 15) is 44.7 Å². The number of fused-ring (bicyclic) bond motifs is 10. The van der Waals surface area contributed by atoms with Crippen LogP contribution in [0, 0.1) is 88.8 Å². The Hall–Kier alpha value is -3.22. The zero-order valence-electron chi connectivity index (χ0n) is 93.5. The number of allylic oxidation sites excluding steroid dienone is 4. The number of esters is 2. The summed E-state index contributed by atoms with van der Waals surface area (Å²) in [5.74, 6) is 3.58.